The summed E-state index contributed by atoms with van der Waals surface area (Å²) in [4.78, 5) is 23.6. The van der Waals surface area contributed by atoms with Crippen LogP contribution in [-0.2, 0) is 9.59 Å². The highest BCUT2D eigenvalue weighted by Gasteiger charge is 2.22. The van der Waals surface area contributed by atoms with E-state index in [-0.39, 0.29) is 5.91 Å². The highest BCUT2D eigenvalue weighted by atomic mass is 16.5. The van der Waals surface area contributed by atoms with Gasteiger partial charge >= 0.3 is 5.97 Å². The number of piperidine rings is 2. The van der Waals surface area contributed by atoms with Gasteiger partial charge < -0.3 is 25.2 Å². The first-order valence-electron chi connectivity index (χ1n) is 12.5. The third-order valence-electron chi connectivity index (χ3n) is 6.38. The molecule has 1 aromatic carbocycles. The van der Waals surface area contributed by atoms with Gasteiger partial charge in [-0.15, -0.1) is 0 Å². The molecule has 4 N–H and O–H groups in total. The van der Waals surface area contributed by atoms with E-state index in [1.54, 1.807) is 13.0 Å². The summed E-state index contributed by atoms with van der Waals surface area (Å²) in [6.07, 6.45) is 9.41. The van der Waals surface area contributed by atoms with Gasteiger partial charge in [-0.05, 0) is 57.2 Å². The van der Waals surface area contributed by atoms with Crippen LogP contribution in [0.15, 0.2) is 47.2 Å². The Morgan fingerprint density at radius 2 is 1.82 bits per heavy atom. The largest absolute Gasteiger partial charge is 0.481 e. The maximum absolute atomic E-state index is 11.7. The van der Waals surface area contributed by atoms with Crippen LogP contribution in [0.3, 0.4) is 0 Å². The summed E-state index contributed by atoms with van der Waals surface area (Å²) in [5.41, 5.74) is 0.847. The highest BCUT2D eigenvalue weighted by Crippen LogP contribution is 2.14. The molecule has 2 fully saturated rings. The number of likely N-dealkylation sites (tertiary alicyclic amines) is 1. The number of carboxylic acids is 1. The van der Waals surface area contributed by atoms with E-state index in [1.165, 1.54) is 62.8 Å². The number of carboxylic acid groups (broad SMARTS) is 1. The molecule has 0 bridgehead atoms. The van der Waals surface area contributed by atoms with Crippen LogP contribution in [0.1, 0.15) is 63.9 Å². The maximum Gasteiger partial charge on any atom is 0.310 e. The fourth-order valence-electron chi connectivity index (χ4n) is 4.05. The van der Waals surface area contributed by atoms with E-state index in [1.807, 2.05) is 30.3 Å². The van der Waals surface area contributed by atoms with Crippen molar-refractivity contribution in [2.75, 3.05) is 38.0 Å². The van der Waals surface area contributed by atoms with E-state index in [0.717, 1.165) is 24.6 Å². The third-order valence-corrected chi connectivity index (χ3v) is 6.38. The minimum absolute atomic E-state index is 0.0175. The lowest BCUT2D eigenvalue weighted by atomic mass is 9.94. The predicted octanol–water partition coefficient (Wildman–Crippen LogP) is 2.95. The van der Waals surface area contributed by atoms with Crippen molar-refractivity contribution in [1.29, 1.82) is 0 Å². The Kier molecular flexibility index (Phi) is 13.0. The van der Waals surface area contributed by atoms with Crippen molar-refractivity contribution >= 4 is 17.7 Å². The Morgan fingerprint density at radius 3 is 2.29 bits per heavy atom. The van der Waals surface area contributed by atoms with Crippen LogP contribution in [0.2, 0.25) is 0 Å². The molecule has 34 heavy (non-hydrogen) atoms. The molecule has 8 heteroatoms. The summed E-state index contributed by atoms with van der Waals surface area (Å²) in [5.74, 6) is 0.187. The van der Waals surface area contributed by atoms with Crippen molar-refractivity contribution in [2.24, 2.45) is 5.92 Å². The highest BCUT2D eigenvalue weighted by molar-refractivity contribution is 5.90. The number of carbonyl (C=O) groups excluding carboxylic acids is 1. The van der Waals surface area contributed by atoms with Crippen molar-refractivity contribution in [3.63, 3.8) is 0 Å². The number of nitrogens with zero attached hydrogens (tertiary/aromatic N) is 1. The zero-order chi connectivity index (χ0) is 24.6. The first-order valence-corrected chi connectivity index (χ1v) is 12.5. The Hall–Kier alpha value is -2.71. The molecule has 0 radical (unpaired) electrons. The summed E-state index contributed by atoms with van der Waals surface area (Å²) < 4.78 is 4.66. The lowest BCUT2D eigenvalue weighted by molar-refractivity contribution is -0.898. The molecule has 3 heterocycles. The Labute approximate surface area is 203 Å². The monoisotopic (exact) mass is 473 g/mol. The standard InChI is InChI=1S/C12H19N3O2.C9H10O2.C5H11N/c1-2-10-3-6-15(7-4-10)9-12(16)13-11-5-8-17-14-11;1-7(9(10)11)8-5-3-2-4-6-8;1-2-4-6-5-3-1/h5,8,10H,2-4,6-7,9H2,1H3,(H,13,14,16);2-7H,1H3,(H,10,11);6H,1-5H2/p+1. The van der Waals surface area contributed by atoms with Gasteiger partial charge in [0.1, 0.15) is 6.26 Å². The van der Waals surface area contributed by atoms with Crippen LogP contribution in [0.25, 0.3) is 0 Å². The second-order valence-electron chi connectivity index (χ2n) is 8.99. The molecule has 0 spiro atoms. The molecule has 1 atom stereocenters. The molecular weight excluding hydrogens is 432 g/mol. The van der Waals surface area contributed by atoms with E-state index in [0.29, 0.717) is 12.4 Å². The summed E-state index contributed by atoms with van der Waals surface area (Å²) in [7, 11) is 0. The van der Waals surface area contributed by atoms with E-state index >= 15 is 0 Å². The number of anilines is 1. The number of amides is 1. The summed E-state index contributed by atoms with van der Waals surface area (Å²) >= 11 is 0. The van der Waals surface area contributed by atoms with Crippen LogP contribution in [0.5, 0.6) is 0 Å². The zero-order valence-electron chi connectivity index (χ0n) is 20.6. The van der Waals surface area contributed by atoms with Crippen molar-refractivity contribution in [1.82, 2.24) is 10.5 Å². The van der Waals surface area contributed by atoms with E-state index in [9.17, 15) is 9.59 Å². The lowest BCUT2D eigenvalue weighted by Crippen LogP contribution is -3.14. The van der Waals surface area contributed by atoms with Crippen LogP contribution >= 0.6 is 0 Å². The first kappa shape index (κ1) is 27.5. The number of rotatable bonds is 6. The number of benzene rings is 1. The Bertz CT molecular complexity index is 790. The van der Waals surface area contributed by atoms with E-state index in [4.69, 9.17) is 5.11 Å². The van der Waals surface area contributed by atoms with Gasteiger partial charge in [-0.1, -0.05) is 55.3 Å². The maximum atomic E-state index is 11.7. The molecule has 0 saturated carbocycles. The molecule has 1 amide bonds. The molecule has 2 aliphatic heterocycles. The molecule has 1 unspecified atom stereocenters. The van der Waals surface area contributed by atoms with Gasteiger partial charge in [-0.25, -0.2) is 0 Å². The van der Waals surface area contributed by atoms with Crippen LogP contribution in [-0.4, -0.2) is 54.9 Å². The summed E-state index contributed by atoms with van der Waals surface area (Å²) in [6, 6.07) is 10.8. The molecule has 188 valence electrons. The molecule has 8 nitrogen and oxygen atoms in total. The fourth-order valence-corrected chi connectivity index (χ4v) is 4.05. The molecule has 0 aliphatic carbocycles. The first-order chi connectivity index (χ1) is 16.5. The molecule has 2 saturated heterocycles. The van der Waals surface area contributed by atoms with Crippen molar-refractivity contribution < 1.29 is 24.1 Å². The molecule has 4 rings (SSSR count). The predicted molar refractivity (Wildman–Crippen MR) is 133 cm³/mol. The SMILES string of the molecule is C1CCNCC1.CC(C(=O)O)c1ccccc1.CCC1CC[NH+](CC(=O)Nc2ccon2)CC1. The second-order valence-corrected chi connectivity index (χ2v) is 8.99. The number of nitrogens with one attached hydrogen (secondary N) is 3. The number of carbonyl (C=O) groups is 2. The van der Waals surface area contributed by atoms with Gasteiger partial charge in [0.15, 0.2) is 12.4 Å². The topological polar surface area (TPSA) is 109 Å². The van der Waals surface area contributed by atoms with Crippen LogP contribution < -0.4 is 15.5 Å². The van der Waals surface area contributed by atoms with Crippen molar-refractivity contribution in [3.05, 3.63) is 48.2 Å². The van der Waals surface area contributed by atoms with Gasteiger partial charge in [-0.2, -0.15) is 0 Å². The lowest BCUT2D eigenvalue weighted by Gasteiger charge is -2.27. The van der Waals surface area contributed by atoms with Crippen LogP contribution in [0.4, 0.5) is 5.82 Å². The van der Waals surface area contributed by atoms with Crippen molar-refractivity contribution in [2.45, 2.75) is 58.3 Å². The van der Waals surface area contributed by atoms with Gasteiger partial charge in [0.2, 0.25) is 0 Å². The minimum Gasteiger partial charge on any atom is -0.481 e. The summed E-state index contributed by atoms with van der Waals surface area (Å²) in [6.45, 7) is 9.16. The minimum atomic E-state index is -0.781. The Balaban J connectivity index is 0.000000204. The zero-order valence-corrected chi connectivity index (χ0v) is 20.6. The number of hydrogen-bond acceptors (Lipinski definition) is 5. The quantitative estimate of drug-likeness (QED) is 0.514. The van der Waals surface area contributed by atoms with E-state index < -0.39 is 11.9 Å². The number of aliphatic carboxylic acids is 1. The fraction of sp³-hybridized carbons (Fsp3) is 0.577. The average Bonchev–Trinajstić information content (AvgIpc) is 3.39. The van der Waals surface area contributed by atoms with Gasteiger partial charge in [0.25, 0.3) is 5.91 Å². The van der Waals surface area contributed by atoms with E-state index in [2.05, 4.69) is 27.2 Å². The Morgan fingerprint density at radius 1 is 1.15 bits per heavy atom. The van der Waals surface area contributed by atoms with Gasteiger partial charge in [-0.3, -0.25) is 9.59 Å². The molecule has 2 aromatic rings. The molecular formula is C26H41N4O4+. The number of quaternary nitrogens is 1. The molecule has 2 aliphatic rings. The third kappa shape index (κ3) is 10.9. The number of hydrogen-bond donors (Lipinski definition) is 4. The normalized spacial score (nSPS) is 20.5. The van der Waals surface area contributed by atoms with Crippen molar-refractivity contribution in [3.8, 4) is 0 Å². The second kappa shape index (κ2) is 16.0. The van der Waals surface area contributed by atoms with Gasteiger partial charge in [0.05, 0.1) is 19.0 Å². The number of aromatic nitrogens is 1. The summed E-state index contributed by atoms with van der Waals surface area (Å²) in [5, 5.41) is 18.3. The van der Waals surface area contributed by atoms with Gasteiger partial charge in [0, 0.05) is 6.07 Å². The average molecular weight is 474 g/mol. The molecule has 1 aromatic heterocycles. The van der Waals surface area contributed by atoms with Crippen LogP contribution in [0, 0.1) is 5.92 Å². The smallest absolute Gasteiger partial charge is 0.310 e.